The molecule has 5 rings (SSSR count). The first-order chi connectivity index (χ1) is 15.6. The molecule has 2 aliphatic rings. The van der Waals surface area contributed by atoms with Crippen LogP contribution in [0.4, 0.5) is 10.1 Å². The summed E-state index contributed by atoms with van der Waals surface area (Å²) in [6, 6.07) is 13.7. The number of hydrogen-bond acceptors (Lipinski definition) is 4. The summed E-state index contributed by atoms with van der Waals surface area (Å²) in [5.74, 6) is -1.11. The maximum absolute atomic E-state index is 13.7. The van der Waals surface area contributed by atoms with Gasteiger partial charge in [0, 0.05) is 23.5 Å². The second-order valence-electron chi connectivity index (χ2n) is 8.12. The number of anilines is 1. The van der Waals surface area contributed by atoms with Crippen molar-refractivity contribution in [3.8, 4) is 5.69 Å². The molecule has 0 bridgehead atoms. The van der Waals surface area contributed by atoms with Crippen molar-refractivity contribution in [2.45, 2.75) is 38.5 Å². The van der Waals surface area contributed by atoms with Crippen LogP contribution in [0, 0.1) is 5.82 Å². The van der Waals surface area contributed by atoms with Crippen LogP contribution in [0.2, 0.25) is 0 Å². The van der Waals surface area contributed by atoms with Crippen LogP contribution in [0.25, 0.3) is 5.69 Å². The number of amides is 1. The van der Waals surface area contributed by atoms with E-state index in [0.29, 0.717) is 25.3 Å². The first-order valence-electron chi connectivity index (χ1n) is 11.0. The molecule has 0 spiro atoms. The van der Waals surface area contributed by atoms with Gasteiger partial charge in [0.2, 0.25) is 0 Å². The second-order valence-corrected chi connectivity index (χ2v) is 8.12. The zero-order chi connectivity index (χ0) is 22.2. The van der Waals surface area contributed by atoms with Crippen molar-refractivity contribution in [3.05, 3.63) is 76.9 Å². The monoisotopic (exact) mass is 433 g/mol. The topological polar surface area (TPSA) is 64.4 Å². The van der Waals surface area contributed by atoms with E-state index in [1.54, 1.807) is 28.6 Å². The molecule has 3 aromatic rings. The lowest BCUT2D eigenvalue weighted by Crippen LogP contribution is -2.39. The number of aromatic nitrogens is 2. The molecule has 0 unspecified atom stereocenters. The zero-order valence-electron chi connectivity index (χ0n) is 17.9. The van der Waals surface area contributed by atoms with Crippen molar-refractivity contribution in [2.24, 2.45) is 0 Å². The van der Waals surface area contributed by atoms with E-state index in [4.69, 9.17) is 4.74 Å². The molecule has 0 fully saturated rings. The first-order valence-corrected chi connectivity index (χ1v) is 11.0. The predicted octanol–water partition coefficient (Wildman–Crippen LogP) is 4.20. The fourth-order valence-electron chi connectivity index (χ4n) is 4.79. The molecule has 2 heterocycles. The van der Waals surface area contributed by atoms with Crippen molar-refractivity contribution >= 4 is 17.6 Å². The Hall–Kier alpha value is -3.48. The van der Waals surface area contributed by atoms with Crippen molar-refractivity contribution in [2.75, 3.05) is 18.1 Å². The van der Waals surface area contributed by atoms with Crippen molar-refractivity contribution in [1.29, 1.82) is 0 Å². The molecule has 7 heteroatoms. The van der Waals surface area contributed by atoms with Crippen LogP contribution in [-0.4, -0.2) is 34.8 Å². The molecule has 2 aromatic carbocycles. The van der Waals surface area contributed by atoms with Gasteiger partial charge in [-0.25, -0.2) is 9.07 Å². The summed E-state index contributed by atoms with van der Waals surface area (Å²) in [5, 5.41) is 4.67. The first kappa shape index (κ1) is 20.4. The number of esters is 1. The third-order valence-corrected chi connectivity index (χ3v) is 6.26. The summed E-state index contributed by atoms with van der Waals surface area (Å²) in [7, 11) is 0. The molecular weight excluding hydrogens is 409 g/mol. The highest BCUT2D eigenvalue weighted by molar-refractivity contribution is 6.07. The molecule has 1 aliphatic carbocycles. The van der Waals surface area contributed by atoms with Gasteiger partial charge in [0.15, 0.2) is 5.69 Å². The van der Waals surface area contributed by atoms with E-state index >= 15 is 0 Å². The molecule has 1 aromatic heterocycles. The summed E-state index contributed by atoms with van der Waals surface area (Å²) >= 11 is 0. The number of halogens is 1. The Morgan fingerprint density at radius 2 is 1.91 bits per heavy atom. The number of para-hydroxylation sites is 1. The SMILES string of the molecule is CCOC(=O)[C@@H]1CCN(C(=O)c2nn(-c3ccc(F)cc3)c3c2CCC3)c2ccccc21. The third-order valence-electron chi connectivity index (χ3n) is 6.26. The second kappa shape index (κ2) is 8.22. The summed E-state index contributed by atoms with van der Waals surface area (Å²) in [6.45, 7) is 2.53. The quantitative estimate of drug-likeness (QED) is 0.579. The number of nitrogens with zero attached hydrogens (tertiary/aromatic N) is 3. The number of carbonyl (C=O) groups excluding carboxylic acids is 2. The van der Waals surface area contributed by atoms with Crippen LogP contribution >= 0.6 is 0 Å². The minimum atomic E-state index is -0.377. The highest BCUT2D eigenvalue weighted by Crippen LogP contribution is 2.38. The minimum absolute atomic E-state index is 0.168. The number of benzene rings is 2. The normalized spacial score (nSPS) is 17.1. The fourth-order valence-corrected chi connectivity index (χ4v) is 4.79. The van der Waals surface area contributed by atoms with Crippen LogP contribution < -0.4 is 4.90 Å². The molecule has 1 atom stereocenters. The van der Waals surface area contributed by atoms with Crippen molar-refractivity contribution < 1.29 is 18.7 Å². The van der Waals surface area contributed by atoms with Crippen molar-refractivity contribution in [1.82, 2.24) is 9.78 Å². The summed E-state index contributed by atoms with van der Waals surface area (Å²) in [6.07, 6.45) is 3.08. The van der Waals surface area contributed by atoms with Gasteiger partial charge in [0.05, 0.1) is 18.2 Å². The van der Waals surface area contributed by atoms with Gasteiger partial charge >= 0.3 is 5.97 Å². The van der Waals surface area contributed by atoms with Gasteiger partial charge in [-0.3, -0.25) is 9.59 Å². The van der Waals surface area contributed by atoms with Gasteiger partial charge in [-0.1, -0.05) is 18.2 Å². The van der Waals surface area contributed by atoms with Crippen LogP contribution in [0.1, 0.15) is 53.0 Å². The molecule has 0 radical (unpaired) electrons. The van der Waals surface area contributed by atoms with Crippen LogP contribution in [-0.2, 0) is 22.4 Å². The van der Waals surface area contributed by atoms with Gasteiger partial charge < -0.3 is 9.64 Å². The Morgan fingerprint density at radius 1 is 1.12 bits per heavy atom. The number of carbonyl (C=O) groups is 2. The minimum Gasteiger partial charge on any atom is -0.466 e. The van der Waals surface area contributed by atoms with E-state index in [1.807, 2.05) is 24.3 Å². The number of rotatable bonds is 4. The molecule has 0 saturated heterocycles. The molecule has 6 nitrogen and oxygen atoms in total. The lowest BCUT2D eigenvalue weighted by atomic mass is 9.89. The molecule has 0 N–H and O–H groups in total. The van der Waals surface area contributed by atoms with Gasteiger partial charge in [0.25, 0.3) is 5.91 Å². The van der Waals surface area contributed by atoms with E-state index in [2.05, 4.69) is 5.10 Å². The molecule has 1 aliphatic heterocycles. The maximum atomic E-state index is 13.7. The smallest absolute Gasteiger partial charge is 0.313 e. The fraction of sp³-hybridized carbons (Fsp3) is 0.320. The summed E-state index contributed by atoms with van der Waals surface area (Å²) < 4.78 is 20.4. The third kappa shape index (κ3) is 3.38. The maximum Gasteiger partial charge on any atom is 0.313 e. The van der Waals surface area contributed by atoms with E-state index < -0.39 is 0 Å². The molecule has 32 heavy (non-hydrogen) atoms. The van der Waals surface area contributed by atoms with Crippen LogP contribution in [0.5, 0.6) is 0 Å². The lowest BCUT2D eigenvalue weighted by Gasteiger charge is -2.33. The van der Waals surface area contributed by atoms with Crippen molar-refractivity contribution in [3.63, 3.8) is 0 Å². The average Bonchev–Trinajstić information content (AvgIpc) is 3.42. The highest BCUT2D eigenvalue weighted by Gasteiger charge is 2.36. The number of hydrogen-bond donors (Lipinski definition) is 0. The highest BCUT2D eigenvalue weighted by atomic mass is 19.1. The van der Waals surface area contributed by atoms with Crippen LogP contribution in [0.3, 0.4) is 0 Å². The van der Waals surface area contributed by atoms with E-state index in [9.17, 15) is 14.0 Å². The van der Waals surface area contributed by atoms with E-state index in [1.165, 1.54) is 12.1 Å². The Balaban J connectivity index is 1.52. The molecule has 164 valence electrons. The van der Waals surface area contributed by atoms with Gasteiger partial charge in [-0.05, 0) is 68.5 Å². The Bertz CT molecular complexity index is 1190. The van der Waals surface area contributed by atoms with Gasteiger partial charge in [0.1, 0.15) is 5.82 Å². The van der Waals surface area contributed by atoms with Gasteiger partial charge in [-0.2, -0.15) is 5.10 Å². The molecule has 0 saturated carbocycles. The number of ether oxygens (including phenoxy) is 1. The Morgan fingerprint density at radius 3 is 2.69 bits per heavy atom. The van der Waals surface area contributed by atoms with E-state index in [-0.39, 0.29) is 23.6 Å². The lowest BCUT2D eigenvalue weighted by molar-refractivity contribution is -0.145. The number of fused-ring (bicyclic) bond motifs is 2. The van der Waals surface area contributed by atoms with Gasteiger partial charge in [-0.15, -0.1) is 0 Å². The van der Waals surface area contributed by atoms with Crippen LogP contribution in [0.15, 0.2) is 48.5 Å². The standard InChI is InChI=1S/C25H24FN3O3/c1-2-32-25(31)19-14-15-28(21-8-4-3-6-18(19)21)24(30)23-20-7-5-9-22(20)29(27-23)17-12-10-16(26)11-13-17/h3-4,6,8,10-13,19H,2,5,7,9,14-15H2,1H3/t19-/m1/s1. The molecule has 1 amide bonds. The Kier molecular flexibility index (Phi) is 5.25. The molecular formula is C25H24FN3O3. The zero-order valence-corrected chi connectivity index (χ0v) is 17.9. The van der Waals surface area contributed by atoms with E-state index in [0.717, 1.165) is 47.5 Å². The average molecular weight is 433 g/mol. The largest absolute Gasteiger partial charge is 0.466 e. The summed E-state index contributed by atoms with van der Waals surface area (Å²) in [4.78, 5) is 27.9. The Labute approximate surface area is 185 Å². The predicted molar refractivity (Wildman–Crippen MR) is 118 cm³/mol. The summed E-state index contributed by atoms with van der Waals surface area (Å²) in [5.41, 5.74) is 4.68.